The van der Waals surface area contributed by atoms with E-state index in [-0.39, 0.29) is 0 Å². The Morgan fingerprint density at radius 1 is 1.29 bits per heavy atom. The zero-order chi connectivity index (χ0) is 12.3. The molecule has 17 heavy (non-hydrogen) atoms. The van der Waals surface area contributed by atoms with Crippen LogP contribution in [0.2, 0.25) is 0 Å². The third kappa shape index (κ3) is 2.83. The zero-order valence-electron chi connectivity index (χ0n) is 9.24. The van der Waals surface area contributed by atoms with Gasteiger partial charge in [-0.1, -0.05) is 15.9 Å². The molecule has 0 aliphatic carbocycles. The van der Waals surface area contributed by atoms with Crippen molar-refractivity contribution in [1.29, 1.82) is 5.26 Å². The first-order chi connectivity index (χ1) is 8.19. The fraction of sp³-hybridized carbons (Fsp3) is 0.0769. The molecule has 0 aliphatic heterocycles. The third-order valence-corrected chi connectivity index (χ3v) is 3.21. The number of nitrogens with one attached hydrogen (secondary N) is 1. The topological polar surface area (TPSA) is 48.7 Å². The average Bonchev–Trinajstić information content (AvgIpc) is 2.35. The van der Waals surface area contributed by atoms with E-state index in [4.69, 9.17) is 5.26 Å². The number of nitrogens with zero attached hydrogens (tertiary/aromatic N) is 2. The second-order valence-electron chi connectivity index (χ2n) is 3.63. The quantitative estimate of drug-likeness (QED) is 0.915. The Morgan fingerprint density at radius 3 is 2.71 bits per heavy atom. The largest absolute Gasteiger partial charge is 0.340 e. The summed E-state index contributed by atoms with van der Waals surface area (Å²) in [5.74, 6) is 0.728. The predicted molar refractivity (Wildman–Crippen MR) is 71.1 cm³/mol. The van der Waals surface area contributed by atoms with Gasteiger partial charge in [0.25, 0.3) is 0 Å². The maximum Gasteiger partial charge on any atom is 0.130 e. The van der Waals surface area contributed by atoms with Crippen molar-refractivity contribution >= 4 is 27.4 Å². The first kappa shape index (κ1) is 11.6. The first-order valence-corrected chi connectivity index (χ1v) is 5.87. The molecule has 0 atom stereocenters. The summed E-state index contributed by atoms with van der Waals surface area (Å²) in [6, 6.07) is 11.6. The van der Waals surface area contributed by atoms with Crippen LogP contribution in [0.25, 0.3) is 0 Å². The predicted octanol–water partition coefficient (Wildman–Crippen LogP) is 3.77. The monoisotopic (exact) mass is 287 g/mol. The van der Waals surface area contributed by atoms with Crippen LogP contribution in [0, 0.1) is 18.3 Å². The number of pyridine rings is 1. The molecule has 1 aromatic carbocycles. The van der Waals surface area contributed by atoms with Gasteiger partial charge >= 0.3 is 0 Å². The second-order valence-corrected chi connectivity index (χ2v) is 4.49. The van der Waals surface area contributed by atoms with Crippen LogP contribution in [-0.2, 0) is 0 Å². The van der Waals surface area contributed by atoms with E-state index in [9.17, 15) is 0 Å². The first-order valence-electron chi connectivity index (χ1n) is 5.08. The summed E-state index contributed by atoms with van der Waals surface area (Å²) in [7, 11) is 0. The molecule has 0 unspecified atom stereocenters. The summed E-state index contributed by atoms with van der Waals surface area (Å²) in [6.45, 7) is 2.03. The molecular formula is C13H10BrN3. The van der Waals surface area contributed by atoms with E-state index < -0.39 is 0 Å². The summed E-state index contributed by atoms with van der Waals surface area (Å²) in [6.07, 6.45) is 1.55. The van der Waals surface area contributed by atoms with Gasteiger partial charge in [0.1, 0.15) is 11.9 Å². The lowest BCUT2D eigenvalue weighted by Gasteiger charge is -2.07. The highest BCUT2D eigenvalue weighted by atomic mass is 79.9. The number of aromatic nitrogens is 1. The smallest absolute Gasteiger partial charge is 0.130 e. The molecule has 1 aromatic heterocycles. The lowest BCUT2D eigenvalue weighted by molar-refractivity contribution is 1.28. The standard InChI is InChI=1S/C13H10BrN3/c1-9-6-11(3-4-12(9)14)17-13-5-2-10(7-15)8-16-13/h2-6,8H,1H3,(H,16,17). The summed E-state index contributed by atoms with van der Waals surface area (Å²) >= 11 is 3.45. The normalized spacial score (nSPS) is 9.71. The van der Waals surface area contributed by atoms with Gasteiger partial charge in [0.2, 0.25) is 0 Å². The number of halogens is 1. The van der Waals surface area contributed by atoms with Crippen molar-refractivity contribution in [3.05, 3.63) is 52.1 Å². The number of anilines is 2. The SMILES string of the molecule is Cc1cc(Nc2ccc(C#N)cn2)ccc1Br. The van der Waals surface area contributed by atoms with E-state index in [1.54, 1.807) is 18.3 Å². The van der Waals surface area contributed by atoms with Crippen molar-refractivity contribution in [2.45, 2.75) is 6.92 Å². The minimum atomic E-state index is 0.558. The van der Waals surface area contributed by atoms with E-state index in [1.807, 2.05) is 31.2 Å². The van der Waals surface area contributed by atoms with Gasteiger partial charge in [-0.15, -0.1) is 0 Å². The number of benzene rings is 1. The summed E-state index contributed by atoms with van der Waals surface area (Å²) in [4.78, 5) is 4.15. The second kappa shape index (κ2) is 4.98. The van der Waals surface area contributed by atoms with Crippen LogP contribution in [0.15, 0.2) is 41.0 Å². The highest BCUT2D eigenvalue weighted by molar-refractivity contribution is 9.10. The molecule has 84 valence electrons. The summed E-state index contributed by atoms with van der Waals surface area (Å²) in [5.41, 5.74) is 2.69. The molecule has 2 aromatic rings. The van der Waals surface area contributed by atoms with Crippen LogP contribution >= 0.6 is 15.9 Å². The molecular weight excluding hydrogens is 278 g/mol. The van der Waals surface area contributed by atoms with Crippen molar-refractivity contribution in [3.8, 4) is 6.07 Å². The van der Waals surface area contributed by atoms with Gasteiger partial charge < -0.3 is 5.32 Å². The Bertz CT molecular complexity index is 570. The number of hydrogen-bond donors (Lipinski definition) is 1. The molecule has 4 heteroatoms. The van der Waals surface area contributed by atoms with Crippen LogP contribution in [0.1, 0.15) is 11.1 Å². The molecule has 0 saturated heterocycles. The van der Waals surface area contributed by atoms with Crippen LogP contribution in [-0.4, -0.2) is 4.98 Å². The molecule has 1 N–H and O–H groups in total. The highest BCUT2D eigenvalue weighted by Crippen LogP contribution is 2.22. The Morgan fingerprint density at radius 2 is 2.12 bits per heavy atom. The molecule has 2 rings (SSSR count). The minimum Gasteiger partial charge on any atom is -0.340 e. The molecule has 0 amide bonds. The Labute approximate surface area is 108 Å². The van der Waals surface area contributed by atoms with Crippen LogP contribution in [0.4, 0.5) is 11.5 Å². The lowest BCUT2D eigenvalue weighted by atomic mass is 10.2. The van der Waals surface area contributed by atoms with Crippen molar-refractivity contribution in [3.63, 3.8) is 0 Å². The van der Waals surface area contributed by atoms with Gasteiger partial charge in [0.05, 0.1) is 5.56 Å². The fourth-order valence-electron chi connectivity index (χ4n) is 1.40. The van der Waals surface area contributed by atoms with Gasteiger partial charge in [0, 0.05) is 16.4 Å². The maximum atomic E-state index is 8.67. The van der Waals surface area contributed by atoms with E-state index in [1.165, 1.54) is 0 Å². The van der Waals surface area contributed by atoms with Crippen LogP contribution in [0.5, 0.6) is 0 Å². The number of nitriles is 1. The fourth-order valence-corrected chi connectivity index (χ4v) is 1.65. The highest BCUT2D eigenvalue weighted by Gasteiger charge is 1.99. The van der Waals surface area contributed by atoms with Gasteiger partial charge in [0.15, 0.2) is 0 Å². The van der Waals surface area contributed by atoms with Crippen molar-refractivity contribution in [1.82, 2.24) is 4.98 Å². The molecule has 0 bridgehead atoms. The molecule has 0 aliphatic rings. The molecule has 0 saturated carbocycles. The van der Waals surface area contributed by atoms with Crippen molar-refractivity contribution < 1.29 is 0 Å². The van der Waals surface area contributed by atoms with Crippen LogP contribution in [0.3, 0.4) is 0 Å². The van der Waals surface area contributed by atoms with E-state index in [2.05, 4.69) is 26.2 Å². The molecule has 0 radical (unpaired) electrons. The molecule has 0 spiro atoms. The summed E-state index contributed by atoms with van der Waals surface area (Å²) in [5, 5.41) is 11.9. The molecule has 1 heterocycles. The molecule has 3 nitrogen and oxygen atoms in total. The molecule has 0 fully saturated rings. The zero-order valence-corrected chi connectivity index (χ0v) is 10.8. The van der Waals surface area contributed by atoms with Crippen molar-refractivity contribution in [2.75, 3.05) is 5.32 Å². The van der Waals surface area contributed by atoms with Gasteiger partial charge in [-0.25, -0.2) is 4.98 Å². The Kier molecular flexibility index (Phi) is 3.40. The minimum absolute atomic E-state index is 0.558. The maximum absolute atomic E-state index is 8.67. The Hall–Kier alpha value is -1.86. The van der Waals surface area contributed by atoms with Gasteiger partial charge in [-0.2, -0.15) is 5.26 Å². The third-order valence-electron chi connectivity index (χ3n) is 2.32. The van der Waals surface area contributed by atoms with E-state index in [0.717, 1.165) is 21.5 Å². The number of rotatable bonds is 2. The lowest BCUT2D eigenvalue weighted by Crippen LogP contribution is -1.94. The van der Waals surface area contributed by atoms with Crippen molar-refractivity contribution in [2.24, 2.45) is 0 Å². The van der Waals surface area contributed by atoms with E-state index in [0.29, 0.717) is 5.56 Å². The summed E-state index contributed by atoms with van der Waals surface area (Å²) < 4.78 is 1.08. The van der Waals surface area contributed by atoms with Gasteiger partial charge in [-0.3, -0.25) is 0 Å². The average molecular weight is 288 g/mol. The Balaban J connectivity index is 2.20. The van der Waals surface area contributed by atoms with Gasteiger partial charge in [-0.05, 0) is 42.8 Å². The van der Waals surface area contributed by atoms with E-state index >= 15 is 0 Å². The number of hydrogen-bond acceptors (Lipinski definition) is 3. The van der Waals surface area contributed by atoms with Crippen LogP contribution < -0.4 is 5.32 Å². The number of aryl methyl sites for hydroxylation is 1.